The highest BCUT2D eigenvalue weighted by atomic mass is 16.3. The fourth-order valence-electron chi connectivity index (χ4n) is 4.53. The normalized spacial score (nSPS) is 16.9. The number of nitrogens with one attached hydrogen (secondary N) is 1. The molecule has 0 radical (unpaired) electrons. The average molecular weight is 396 g/mol. The van der Waals surface area contributed by atoms with Crippen molar-refractivity contribution in [3.8, 4) is 0 Å². The summed E-state index contributed by atoms with van der Waals surface area (Å²) >= 11 is 0. The number of aromatic amines is 1. The molecule has 0 saturated heterocycles. The van der Waals surface area contributed by atoms with Gasteiger partial charge in [-0.1, -0.05) is 42.5 Å². The first kappa shape index (κ1) is 17.2. The smallest absolute Gasteiger partial charge is 0.294 e. The van der Waals surface area contributed by atoms with Crippen LogP contribution in [-0.2, 0) is 13.1 Å². The Balaban J connectivity index is 1.44. The number of hydrogen-bond acceptors (Lipinski definition) is 4. The molecule has 0 saturated carbocycles. The van der Waals surface area contributed by atoms with E-state index in [4.69, 9.17) is 9.40 Å². The molecule has 0 spiro atoms. The third kappa shape index (κ3) is 2.69. The summed E-state index contributed by atoms with van der Waals surface area (Å²) in [5, 5.41) is 0.868. The van der Waals surface area contributed by atoms with Gasteiger partial charge in [-0.3, -0.25) is 9.69 Å². The highest BCUT2D eigenvalue weighted by Gasteiger charge is 2.29. The minimum atomic E-state index is -0.233. The highest BCUT2D eigenvalue weighted by molar-refractivity contribution is 6.01. The van der Waals surface area contributed by atoms with Gasteiger partial charge in [0.25, 0.3) is 5.56 Å². The predicted molar refractivity (Wildman–Crippen MR) is 115 cm³/mol. The van der Waals surface area contributed by atoms with Gasteiger partial charge in [0.2, 0.25) is 5.58 Å². The van der Waals surface area contributed by atoms with Crippen LogP contribution >= 0.6 is 0 Å². The van der Waals surface area contributed by atoms with Gasteiger partial charge in [0.05, 0.1) is 12.6 Å². The van der Waals surface area contributed by atoms with E-state index < -0.39 is 0 Å². The Morgan fingerprint density at radius 3 is 2.73 bits per heavy atom. The maximum Gasteiger partial charge on any atom is 0.294 e. The molecule has 3 aromatic heterocycles. The maximum absolute atomic E-state index is 12.7. The summed E-state index contributed by atoms with van der Waals surface area (Å²) in [7, 11) is 0. The molecule has 6 nitrogen and oxygen atoms in total. The Morgan fingerprint density at radius 1 is 1.00 bits per heavy atom. The topological polar surface area (TPSA) is 67.1 Å². The average Bonchev–Trinajstić information content (AvgIpc) is 3.39. The lowest BCUT2D eigenvalue weighted by Gasteiger charge is -2.37. The molecule has 0 fully saturated rings. The standard InChI is InChI=1S/C24H20N4O2/c29-24-23-21(17-9-4-5-11-19(17)30-23)25-20(26-24)15-28-14-13-27-12-6-10-18(27)22(28)16-7-2-1-3-8-16/h1-12,22H,13-15H2,(H,25,26,29)/t22-/m0/s1. The van der Waals surface area contributed by atoms with E-state index in [1.807, 2.05) is 30.3 Å². The van der Waals surface area contributed by atoms with E-state index in [0.717, 1.165) is 18.5 Å². The van der Waals surface area contributed by atoms with Gasteiger partial charge in [-0.15, -0.1) is 0 Å². The van der Waals surface area contributed by atoms with Crippen LogP contribution in [0.25, 0.3) is 22.1 Å². The van der Waals surface area contributed by atoms with Crippen molar-refractivity contribution in [1.82, 2.24) is 19.4 Å². The van der Waals surface area contributed by atoms with Gasteiger partial charge in [-0.05, 0) is 29.8 Å². The van der Waals surface area contributed by atoms with Crippen molar-refractivity contribution in [1.29, 1.82) is 0 Å². The molecular weight excluding hydrogens is 376 g/mol. The van der Waals surface area contributed by atoms with E-state index in [0.29, 0.717) is 23.5 Å². The quantitative estimate of drug-likeness (QED) is 0.499. The summed E-state index contributed by atoms with van der Waals surface area (Å²) in [6, 6.07) is 22.5. The Hall–Kier alpha value is -3.64. The summed E-state index contributed by atoms with van der Waals surface area (Å²) in [4.78, 5) is 22.8. The van der Waals surface area contributed by atoms with Crippen LogP contribution in [0, 0.1) is 0 Å². The van der Waals surface area contributed by atoms with Crippen molar-refractivity contribution in [3.63, 3.8) is 0 Å². The Kier molecular flexibility index (Phi) is 3.86. The zero-order valence-electron chi connectivity index (χ0n) is 16.3. The number of furan rings is 1. The molecule has 148 valence electrons. The minimum Gasteiger partial charge on any atom is -0.449 e. The number of para-hydroxylation sites is 1. The molecule has 0 unspecified atom stereocenters. The van der Waals surface area contributed by atoms with Crippen LogP contribution in [-0.4, -0.2) is 26.0 Å². The Bertz CT molecular complexity index is 1410. The molecule has 0 bridgehead atoms. The van der Waals surface area contributed by atoms with E-state index in [1.54, 1.807) is 0 Å². The minimum absolute atomic E-state index is 0.108. The van der Waals surface area contributed by atoms with Crippen molar-refractivity contribution in [3.05, 3.63) is 100 Å². The second kappa shape index (κ2) is 6.71. The van der Waals surface area contributed by atoms with Gasteiger partial charge < -0.3 is 14.0 Å². The lowest BCUT2D eigenvalue weighted by molar-refractivity contribution is 0.170. The molecule has 6 heteroatoms. The van der Waals surface area contributed by atoms with Crippen molar-refractivity contribution >= 4 is 22.1 Å². The number of hydrogen-bond donors (Lipinski definition) is 1. The number of rotatable bonds is 3. The monoisotopic (exact) mass is 396 g/mol. The number of H-pyrrole nitrogens is 1. The first-order chi connectivity index (χ1) is 14.8. The summed E-state index contributed by atoms with van der Waals surface area (Å²) in [5.74, 6) is 0.653. The van der Waals surface area contributed by atoms with Gasteiger partial charge in [0, 0.05) is 30.4 Å². The first-order valence-corrected chi connectivity index (χ1v) is 10.1. The van der Waals surface area contributed by atoms with Crippen molar-refractivity contribution < 1.29 is 4.42 Å². The van der Waals surface area contributed by atoms with Gasteiger partial charge in [-0.25, -0.2) is 4.98 Å². The first-order valence-electron chi connectivity index (χ1n) is 10.1. The lowest BCUT2D eigenvalue weighted by atomic mass is 10.00. The van der Waals surface area contributed by atoms with E-state index in [-0.39, 0.29) is 17.2 Å². The molecule has 6 rings (SSSR count). The van der Waals surface area contributed by atoms with E-state index in [1.165, 1.54) is 11.3 Å². The fraction of sp³-hybridized carbons (Fsp3) is 0.167. The molecule has 4 heterocycles. The van der Waals surface area contributed by atoms with E-state index in [9.17, 15) is 4.79 Å². The SMILES string of the molecule is O=c1[nH]c(CN2CCn3cccc3[C@@H]2c2ccccc2)nc2c1oc1ccccc12. The van der Waals surface area contributed by atoms with Crippen LogP contribution in [0.4, 0.5) is 0 Å². The molecule has 2 aromatic carbocycles. The molecule has 0 aliphatic carbocycles. The molecule has 30 heavy (non-hydrogen) atoms. The molecule has 1 aliphatic rings. The van der Waals surface area contributed by atoms with Crippen molar-refractivity contribution in [2.75, 3.05) is 6.54 Å². The third-order valence-electron chi connectivity index (χ3n) is 5.89. The van der Waals surface area contributed by atoms with Crippen LogP contribution in [0.3, 0.4) is 0 Å². The predicted octanol–water partition coefficient (Wildman–Crippen LogP) is 4.08. The number of aromatic nitrogens is 3. The van der Waals surface area contributed by atoms with Gasteiger partial charge in [0.1, 0.15) is 16.9 Å². The van der Waals surface area contributed by atoms with Crippen LogP contribution in [0.2, 0.25) is 0 Å². The zero-order valence-corrected chi connectivity index (χ0v) is 16.3. The number of nitrogens with zero attached hydrogens (tertiary/aromatic N) is 3. The Morgan fingerprint density at radius 2 is 1.83 bits per heavy atom. The molecule has 1 N–H and O–H groups in total. The molecule has 1 aliphatic heterocycles. The van der Waals surface area contributed by atoms with Crippen LogP contribution in [0.5, 0.6) is 0 Å². The van der Waals surface area contributed by atoms with Crippen LogP contribution in [0.1, 0.15) is 23.1 Å². The number of fused-ring (bicyclic) bond motifs is 4. The zero-order chi connectivity index (χ0) is 20.1. The van der Waals surface area contributed by atoms with Gasteiger partial charge >= 0.3 is 0 Å². The lowest BCUT2D eigenvalue weighted by Crippen LogP contribution is -2.38. The summed E-state index contributed by atoms with van der Waals surface area (Å²) in [5.41, 5.74) is 3.84. The third-order valence-corrected chi connectivity index (χ3v) is 5.89. The number of benzene rings is 2. The highest BCUT2D eigenvalue weighted by Crippen LogP contribution is 2.33. The van der Waals surface area contributed by atoms with Gasteiger partial charge in [-0.2, -0.15) is 0 Å². The Labute approximate surface area is 172 Å². The summed E-state index contributed by atoms with van der Waals surface area (Å²) in [6.45, 7) is 2.33. The van der Waals surface area contributed by atoms with Crippen molar-refractivity contribution in [2.45, 2.75) is 19.1 Å². The van der Waals surface area contributed by atoms with E-state index in [2.05, 4.69) is 57.0 Å². The van der Waals surface area contributed by atoms with Crippen molar-refractivity contribution in [2.24, 2.45) is 0 Å². The molecule has 0 amide bonds. The summed E-state index contributed by atoms with van der Waals surface area (Å²) < 4.78 is 8.03. The van der Waals surface area contributed by atoms with E-state index >= 15 is 0 Å². The molecule has 5 aromatic rings. The summed E-state index contributed by atoms with van der Waals surface area (Å²) in [6.07, 6.45) is 2.13. The maximum atomic E-state index is 12.7. The fourth-order valence-corrected chi connectivity index (χ4v) is 4.53. The second-order valence-corrected chi connectivity index (χ2v) is 7.70. The second-order valence-electron chi connectivity index (χ2n) is 7.70. The molecule has 1 atom stereocenters. The van der Waals surface area contributed by atoms with Crippen LogP contribution in [0.15, 0.2) is 82.1 Å². The molecular formula is C24H20N4O2. The van der Waals surface area contributed by atoms with Gasteiger partial charge in [0.15, 0.2) is 0 Å². The van der Waals surface area contributed by atoms with Crippen LogP contribution < -0.4 is 5.56 Å². The largest absolute Gasteiger partial charge is 0.449 e.